The average molecular weight is 297 g/mol. The molecule has 7 heteroatoms. The predicted octanol–water partition coefficient (Wildman–Crippen LogP) is 3.48. The molecule has 3 N–H and O–H groups in total. The second-order valence-corrected chi connectivity index (χ2v) is 4.43. The van der Waals surface area contributed by atoms with Gasteiger partial charge in [-0.3, -0.25) is 4.98 Å². The predicted molar refractivity (Wildman–Crippen MR) is 74.9 cm³/mol. The van der Waals surface area contributed by atoms with Gasteiger partial charge >= 0.3 is 6.18 Å². The van der Waals surface area contributed by atoms with E-state index in [4.69, 9.17) is 18.0 Å². The van der Waals surface area contributed by atoms with Crippen molar-refractivity contribution in [3.05, 3.63) is 53.9 Å². The van der Waals surface area contributed by atoms with Gasteiger partial charge in [0.05, 0.1) is 17.4 Å². The fourth-order valence-corrected chi connectivity index (χ4v) is 1.78. The summed E-state index contributed by atoms with van der Waals surface area (Å²) in [4.78, 5) is 4.11. The Labute approximate surface area is 118 Å². The van der Waals surface area contributed by atoms with Gasteiger partial charge in [-0.15, -0.1) is 0 Å². The molecular weight excluding hydrogens is 287 g/mol. The summed E-state index contributed by atoms with van der Waals surface area (Å²) in [6, 6.07) is 6.30. The molecule has 0 spiro atoms. The van der Waals surface area contributed by atoms with Gasteiger partial charge in [0.1, 0.15) is 4.99 Å². The molecule has 0 bridgehead atoms. The summed E-state index contributed by atoms with van der Waals surface area (Å²) in [7, 11) is 0. The zero-order valence-corrected chi connectivity index (χ0v) is 10.9. The van der Waals surface area contributed by atoms with Gasteiger partial charge < -0.3 is 11.1 Å². The van der Waals surface area contributed by atoms with Crippen LogP contribution in [-0.2, 0) is 6.18 Å². The molecule has 0 amide bonds. The first-order chi connectivity index (χ1) is 9.38. The van der Waals surface area contributed by atoms with Gasteiger partial charge in [0.2, 0.25) is 0 Å². The number of nitrogens with two attached hydrogens (primary N) is 1. The van der Waals surface area contributed by atoms with Gasteiger partial charge in [0.15, 0.2) is 0 Å². The van der Waals surface area contributed by atoms with Crippen molar-refractivity contribution in [3.8, 4) is 0 Å². The summed E-state index contributed by atoms with van der Waals surface area (Å²) in [5.74, 6) is 0. The molecule has 1 aromatic carbocycles. The number of benzene rings is 1. The summed E-state index contributed by atoms with van der Waals surface area (Å²) in [6.07, 6.45) is -1.31. The van der Waals surface area contributed by atoms with Crippen molar-refractivity contribution in [1.82, 2.24) is 4.98 Å². The van der Waals surface area contributed by atoms with Crippen LogP contribution in [0.1, 0.15) is 11.1 Å². The van der Waals surface area contributed by atoms with Crippen LogP contribution in [0.2, 0.25) is 0 Å². The van der Waals surface area contributed by atoms with Crippen molar-refractivity contribution >= 4 is 28.6 Å². The van der Waals surface area contributed by atoms with E-state index >= 15 is 0 Å². The van der Waals surface area contributed by atoms with Crippen molar-refractivity contribution in [2.45, 2.75) is 6.18 Å². The molecule has 20 heavy (non-hydrogen) atoms. The molecule has 3 nitrogen and oxygen atoms in total. The lowest BCUT2D eigenvalue weighted by molar-refractivity contribution is -0.137. The Morgan fingerprint density at radius 3 is 2.35 bits per heavy atom. The standard InChI is InChI=1S/C13H10F3N3S/c14-13(15,16)8-1-3-9(4-2-8)19-11-7-18-6-5-10(11)12(17)20/h1-7,19H,(H2,17,20). The normalized spacial score (nSPS) is 11.2. The molecule has 0 fully saturated rings. The molecule has 0 aliphatic heterocycles. The number of hydrogen-bond donors (Lipinski definition) is 2. The van der Waals surface area contributed by atoms with Crippen LogP contribution < -0.4 is 11.1 Å². The van der Waals surface area contributed by atoms with Crippen molar-refractivity contribution in [3.63, 3.8) is 0 Å². The third-order valence-electron chi connectivity index (χ3n) is 2.58. The van der Waals surface area contributed by atoms with E-state index in [-0.39, 0.29) is 4.99 Å². The van der Waals surface area contributed by atoms with E-state index in [1.54, 1.807) is 6.07 Å². The maximum absolute atomic E-state index is 12.5. The number of aromatic nitrogens is 1. The van der Waals surface area contributed by atoms with Gasteiger partial charge in [-0.1, -0.05) is 12.2 Å². The van der Waals surface area contributed by atoms with Crippen LogP contribution in [0.25, 0.3) is 0 Å². The fourth-order valence-electron chi connectivity index (χ4n) is 1.61. The minimum atomic E-state index is -4.35. The molecule has 0 saturated heterocycles. The molecule has 1 aromatic heterocycles. The van der Waals surface area contributed by atoms with Crippen LogP contribution in [0.3, 0.4) is 0 Å². The van der Waals surface area contributed by atoms with Gasteiger partial charge in [0, 0.05) is 17.4 Å². The Hall–Kier alpha value is -2.15. The lowest BCUT2D eigenvalue weighted by atomic mass is 10.2. The van der Waals surface area contributed by atoms with Crippen molar-refractivity contribution in [2.75, 3.05) is 5.32 Å². The Morgan fingerprint density at radius 1 is 1.15 bits per heavy atom. The number of nitrogens with zero attached hydrogens (tertiary/aromatic N) is 1. The molecule has 0 aliphatic carbocycles. The van der Waals surface area contributed by atoms with E-state index in [2.05, 4.69) is 10.3 Å². The van der Waals surface area contributed by atoms with Crippen molar-refractivity contribution < 1.29 is 13.2 Å². The molecule has 0 radical (unpaired) electrons. The molecule has 0 atom stereocenters. The Kier molecular flexibility index (Phi) is 3.89. The number of halogens is 3. The zero-order valence-electron chi connectivity index (χ0n) is 10.1. The van der Waals surface area contributed by atoms with Crippen molar-refractivity contribution in [2.24, 2.45) is 5.73 Å². The van der Waals surface area contributed by atoms with Gasteiger partial charge in [0.25, 0.3) is 0 Å². The smallest absolute Gasteiger partial charge is 0.389 e. The molecule has 2 aromatic rings. The quantitative estimate of drug-likeness (QED) is 0.852. The highest BCUT2D eigenvalue weighted by Gasteiger charge is 2.29. The minimum absolute atomic E-state index is 0.182. The van der Waals surface area contributed by atoms with Crippen LogP contribution in [0.15, 0.2) is 42.7 Å². The van der Waals surface area contributed by atoms with Gasteiger partial charge in [-0.05, 0) is 30.3 Å². The number of alkyl halides is 3. The summed E-state index contributed by atoms with van der Waals surface area (Å²) < 4.78 is 37.4. The van der Waals surface area contributed by atoms with Crippen molar-refractivity contribution in [1.29, 1.82) is 0 Å². The first kappa shape index (κ1) is 14.3. The monoisotopic (exact) mass is 297 g/mol. The minimum Gasteiger partial charge on any atom is -0.389 e. The summed E-state index contributed by atoms with van der Waals surface area (Å²) in [5, 5.41) is 2.94. The van der Waals surface area contributed by atoms with E-state index < -0.39 is 11.7 Å². The Balaban J connectivity index is 2.25. The topological polar surface area (TPSA) is 50.9 Å². The van der Waals surface area contributed by atoms with Crippen LogP contribution in [0.4, 0.5) is 24.5 Å². The van der Waals surface area contributed by atoms with E-state index in [0.717, 1.165) is 12.1 Å². The van der Waals surface area contributed by atoms with Gasteiger partial charge in [-0.25, -0.2) is 0 Å². The van der Waals surface area contributed by atoms with Crippen LogP contribution in [0, 0.1) is 0 Å². The van der Waals surface area contributed by atoms with Crippen LogP contribution in [-0.4, -0.2) is 9.97 Å². The number of rotatable bonds is 3. The molecular formula is C13H10F3N3S. The number of hydrogen-bond acceptors (Lipinski definition) is 3. The zero-order chi connectivity index (χ0) is 14.8. The lowest BCUT2D eigenvalue weighted by Crippen LogP contribution is -2.12. The molecule has 1 heterocycles. The highest BCUT2D eigenvalue weighted by atomic mass is 32.1. The molecule has 104 valence electrons. The third-order valence-corrected chi connectivity index (χ3v) is 2.80. The Morgan fingerprint density at radius 2 is 1.80 bits per heavy atom. The first-order valence-electron chi connectivity index (χ1n) is 5.56. The molecule has 0 unspecified atom stereocenters. The number of anilines is 2. The number of pyridine rings is 1. The van der Waals surface area contributed by atoms with E-state index in [9.17, 15) is 13.2 Å². The van der Waals surface area contributed by atoms with E-state index in [0.29, 0.717) is 16.9 Å². The maximum atomic E-state index is 12.5. The highest BCUT2D eigenvalue weighted by molar-refractivity contribution is 7.80. The van der Waals surface area contributed by atoms with Crippen LogP contribution in [0.5, 0.6) is 0 Å². The second-order valence-electron chi connectivity index (χ2n) is 3.99. The molecule has 2 rings (SSSR count). The second kappa shape index (κ2) is 5.46. The van der Waals surface area contributed by atoms with Crippen LogP contribution >= 0.6 is 12.2 Å². The number of thiocarbonyl (C=S) groups is 1. The summed E-state index contributed by atoms with van der Waals surface area (Å²) in [5.41, 5.74) is 6.47. The average Bonchev–Trinajstić information content (AvgIpc) is 2.38. The summed E-state index contributed by atoms with van der Waals surface area (Å²) in [6.45, 7) is 0. The fraction of sp³-hybridized carbons (Fsp3) is 0.0769. The third kappa shape index (κ3) is 3.24. The largest absolute Gasteiger partial charge is 0.416 e. The molecule has 0 aliphatic rings. The highest BCUT2D eigenvalue weighted by Crippen LogP contribution is 2.30. The number of nitrogens with one attached hydrogen (secondary N) is 1. The van der Waals surface area contributed by atoms with E-state index in [1.165, 1.54) is 24.5 Å². The molecule has 0 saturated carbocycles. The Bertz CT molecular complexity index is 624. The SMILES string of the molecule is NC(=S)c1ccncc1Nc1ccc(C(F)(F)F)cc1. The van der Waals surface area contributed by atoms with Gasteiger partial charge in [-0.2, -0.15) is 13.2 Å². The van der Waals surface area contributed by atoms with E-state index in [1.807, 2.05) is 0 Å². The summed E-state index contributed by atoms with van der Waals surface area (Å²) >= 11 is 4.90. The first-order valence-corrected chi connectivity index (χ1v) is 5.97. The lowest BCUT2D eigenvalue weighted by Gasteiger charge is -2.12. The maximum Gasteiger partial charge on any atom is 0.416 e.